The van der Waals surface area contributed by atoms with Crippen LogP contribution in [0.2, 0.25) is 0 Å². The topological polar surface area (TPSA) is 77.5 Å². The lowest BCUT2D eigenvalue weighted by Crippen LogP contribution is -2.24. The smallest absolute Gasteiger partial charge is 0.404 e. The lowest BCUT2D eigenvalue weighted by molar-refractivity contribution is -0.274. The van der Waals surface area contributed by atoms with Gasteiger partial charge in [0.2, 0.25) is 0 Å². The Morgan fingerprint density at radius 3 is 2.52 bits per heavy atom. The first-order valence-electron chi connectivity index (χ1n) is 7.91. The molecule has 6 nitrogen and oxygen atoms in total. The molecule has 3 N–H and O–H groups in total. The van der Waals surface area contributed by atoms with Gasteiger partial charge in [0.05, 0.1) is 17.9 Å². The van der Waals surface area contributed by atoms with Gasteiger partial charge in [-0.1, -0.05) is 24.3 Å². The summed E-state index contributed by atoms with van der Waals surface area (Å²) < 4.78 is 43.0. The molecule has 0 atom stereocenters. The fraction of sp³-hybridized carbons (Fsp3) is 0.111. The van der Waals surface area contributed by atoms with E-state index >= 15 is 0 Å². The van der Waals surface area contributed by atoms with Crippen molar-refractivity contribution in [1.82, 2.24) is 9.78 Å². The number of guanidine groups is 1. The van der Waals surface area contributed by atoms with Crippen molar-refractivity contribution in [3.63, 3.8) is 0 Å². The zero-order valence-electron chi connectivity index (χ0n) is 14.0. The van der Waals surface area contributed by atoms with Gasteiger partial charge in [0.25, 0.3) is 0 Å². The number of aliphatic imine (C=N–C) groups is 1. The molecule has 9 heteroatoms. The summed E-state index contributed by atoms with van der Waals surface area (Å²) in [4.78, 5) is 4.14. The molecule has 0 amide bonds. The van der Waals surface area contributed by atoms with Crippen molar-refractivity contribution < 1.29 is 17.9 Å². The van der Waals surface area contributed by atoms with Crippen molar-refractivity contribution in [3.8, 4) is 11.4 Å². The van der Waals surface area contributed by atoms with Crippen LogP contribution in [0.3, 0.4) is 0 Å². The number of ether oxygens (including phenoxy) is 1. The van der Waals surface area contributed by atoms with Gasteiger partial charge in [-0.05, 0) is 35.9 Å². The average Bonchev–Trinajstić information content (AvgIpc) is 3.16. The van der Waals surface area contributed by atoms with Gasteiger partial charge in [0.15, 0.2) is 11.7 Å². The molecule has 0 unspecified atom stereocenters. The maximum atomic E-state index is 12.4. The van der Waals surface area contributed by atoms with Gasteiger partial charge in [0, 0.05) is 12.4 Å². The van der Waals surface area contributed by atoms with E-state index in [2.05, 4.69) is 20.1 Å². The first-order chi connectivity index (χ1) is 12.9. The minimum Gasteiger partial charge on any atom is -0.404 e. The van der Waals surface area contributed by atoms with E-state index < -0.39 is 6.36 Å². The van der Waals surface area contributed by atoms with Crippen LogP contribution in [0.15, 0.2) is 72.0 Å². The third kappa shape index (κ3) is 5.24. The summed E-state index contributed by atoms with van der Waals surface area (Å²) in [5, 5.41) is 6.76. The molecule has 0 aliphatic heterocycles. The standard InChI is InChI=1S/C18H16F3N5O/c19-18(20,21)27-16-5-2-1-4-15(16)25-17(22)23-12-13-6-8-14(9-7-13)26-11-3-10-24-26/h1-11H,12H2,(H3,22,23,25). The highest BCUT2D eigenvalue weighted by Crippen LogP contribution is 2.29. The Kier molecular flexibility index (Phi) is 5.30. The highest BCUT2D eigenvalue weighted by Gasteiger charge is 2.32. The summed E-state index contributed by atoms with van der Waals surface area (Å²) in [7, 11) is 0. The van der Waals surface area contributed by atoms with E-state index in [1.54, 1.807) is 16.9 Å². The summed E-state index contributed by atoms with van der Waals surface area (Å²) in [5.74, 6) is -0.406. The number of hydrogen-bond donors (Lipinski definition) is 2. The summed E-state index contributed by atoms with van der Waals surface area (Å²) in [6.45, 7) is 0.264. The fourth-order valence-corrected chi connectivity index (χ4v) is 2.31. The van der Waals surface area contributed by atoms with E-state index in [0.717, 1.165) is 11.3 Å². The van der Waals surface area contributed by atoms with Crippen molar-refractivity contribution in [1.29, 1.82) is 0 Å². The number of halogens is 3. The number of nitrogens with one attached hydrogen (secondary N) is 1. The first-order valence-corrected chi connectivity index (χ1v) is 7.91. The number of aromatic nitrogens is 2. The summed E-state index contributed by atoms with van der Waals surface area (Å²) >= 11 is 0. The predicted octanol–water partition coefficient (Wildman–Crippen LogP) is 3.70. The molecule has 0 aliphatic carbocycles. The molecule has 0 bridgehead atoms. The third-order valence-electron chi connectivity index (χ3n) is 3.51. The molecule has 0 spiro atoms. The van der Waals surface area contributed by atoms with Gasteiger partial charge in [-0.3, -0.25) is 0 Å². The van der Waals surface area contributed by atoms with E-state index in [1.165, 1.54) is 18.2 Å². The Balaban J connectivity index is 1.65. The summed E-state index contributed by atoms with van der Waals surface area (Å²) in [6.07, 6.45) is -1.28. The molecule has 1 aromatic heterocycles. The van der Waals surface area contributed by atoms with Crippen molar-refractivity contribution >= 4 is 11.6 Å². The molecular formula is C18H16F3N5O. The second kappa shape index (κ2) is 7.81. The summed E-state index contributed by atoms with van der Waals surface area (Å²) in [6, 6.07) is 14.9. The maximum absolute atomic E-state index is 12.4. The molecule has 3 aromatic rings. The van der Waals surface area contributed by atoms with E-state index in [1.807, 2.05) is 36.5 Å². The van der Waals surface area contributed by atoms with E-state index in [4.69, 9.17) is 5.73 Å². The van der Waals surface area contributed by atoms with Gasteiger partial charge in [-0.15, -0.1) is 13.2 Å². The van der Waals surface area contributed by atoms with Crippen LogP contribution in [-0.4, -0.2) is 22.1 Å². The Labute approximate surface area is 153 Å². The molecule has 0 radical (unpaired) electrons. The van der Waals surface area contributed by atoms with Crippen molar-refractivity contribution in [2.75, 3.05) is 5.32 Å². The molecule has 27 heavy (non-hydrogen) atoms. The largest absolute Gasteiger partial charge is 0.573 e. The predicted molar refractivity (Wildman–Crippen MR) is 95.6 cm³/mol. The van der Waals surface area contributed by atoms with Gasteiger partial charge in [-0.25, -0.2) is 9.67 Å². The lowest BCUT2D eigenvalue weighted by Gasteiger charge is -2.14. The quantitative estimate of drug-likeness (QED) is 0.527. The maximum Gasteiger partial charge on any atom is 0.573 e. The third-order valence-corrected chi connectivity index (χ3v) is 3.51. The fourth-order valence-electron chi connectivity index (χ4n) is 2.31. The van der Waals surface area contributed by atoms with Crippen LogP contribution in [0.25, 0.3) is 5.69 Å². The van der Waals surface area contributed by atoms with Gasteiger partial charge >= 0.3 is 6.36 Å². The van der Waals surface area contributed by atoms with Gasteiger partial charge in [-0.2, -0.15) is 5.10 Å². The first kappa shape index (κ1) is 18.3. The van der Waals surface area contributed by atoms with Crippen LogP contribution in [-0.2, 0) is 6.54 Å². The SMILES string of the molecule is NC(=NCc1ccc(-n2cccn2)cc1)Nc1ccccc1OC(F)(F)F. The number of benzene rings is 2. The van der Waals surface area contributed by atoms with E-state index in [9.17, 15) is 13.2 Å². The molecular weight excluding hydrogens is 359 g/mol. The minimum atomic E-state index is -4.79. The molecule has 0 saturated carbocycles. The second-order valence-electron chi connectivity index (χ2n) is 5.49. The van der Waals surface area contributed by atoms with Crippen LogP contribution in [0.4, 0.5) is 18.9 Å². The molecule has 2 aromatic carbocycles. The van der Waals surface area contributed by atoms with E-state index in [0.29, 0.717) is 0 Å². The van der Waals surface area contributed by atoms with Crippen LogP contribution in [0, 0.1) is 0 Å². The minimum absolute atomic E-state index is 0.0237. The number of hydrogen-bond acceptors (Lipinski definition) is 3. The summed E-state index contributed by atoms with van der Waals surface area (Å²) in [5.41, 5.74) is 7.64. The molecule has 0 saturated heterocycles. The number of anilines is 1. The number of alkyl halides is 3. The normalized spacial score (nSPS) is 12.0. The average molecular weight is 375 g/mol. The molecule has 0 aliphatic rings. The monoisotopic (exact) mass is 375 g/mol. The van der Waals surface area contributed by atoms with Crippen molar-refractivity contribution in [2.24, 2.45) is 10.7 Å². The highest BCUT2D eigenvalue weighted by atomic mass is 19.4. The Bertz CT molecular complexity index is 906. The van der Waals surface area contributed by atoms with Gasteiger partial charge in [0.1, 0.15) is 0 Å². The van der Waals surface area contributed by atoms with Crippen LogP contribution < -0.4 is 15.8 Å². The highest BCUT2D eigenvalue weighted by molar-refractivity contribution is 5.93. The molecule has 3 rings (SSSR count). The van der Waals surface area contributed by atoms with Crippen molar-refractivity contribution in [2.45, 2.75) is 12.9 Å². The number of nitrogens with zero attached hydrogens (tertiary/aromatic N) is 3. The number of nitrogens with two attached hydrogens (primary N) is 1. The van der Waals surface area contributed by atoms with Gasteiger partial charge < -0.3 is 15.8 Å². The van der Waals surface area contributed by atoms with Crippen molar-refractivity contribution in [3.05, 3.63) is 72.6 Å². The Morgan fingerprint density at radius 1 is 1.11 bits per heavy atom. The molecule has 140 valence electrons. The van der Waals surface area contributed by atoms with Crippen LogP contribution >= 0.6 is 0 Å². The molecule has 1 heterocycles. The second-order valence-corrected chi connectivity index (χ2v) is 5.49. The Morgan fingerprint density at radius 2 is 1.85 bits per heavy atom. The zero-order chi connectivity index (χ0) is 19.3. The van der Waals surface area contributed by atoms with E-state index in [-0.39, 0.29) is 23.9 Å². The lowest BCUT2D eigenvalue weighted by atomic mass is 10.2. The number of rotatable bonds is 5. The number of para-hydroxylation sites is 2. The zero-order valence-corrected chi connectivity index (χ0v) is 14.0. The van der Waals surface area contributed by atoms with Crippen LogP contribution in [0.1, 0.15) is 5.56 Å². The molecule has 0 fully saturated rings. The van der Waals surface area contributed by atoms with Crippen LogP contribution in [0.5, 0.6) is 5.75 Å². The Hall–Kier alpha value is -3.49.